The molecule has 2 N–H and O–H groups in total. The van der Waals surface area contributed by atoms with Gasteiger partial charge in [-0.05, 0) is 38.1 Å². The number of rotatable bonds is 4. The number of nitrogens with zero attached hydrogens (tertiary/aromatic N) is 1. The smallest absolute Gasteiger partial charge is 0.183 e. The molecule has 1 fully saturated rings. The monoisotopic (exact) mass is 288 g/mol. The summed E-state index contributed by atoms with van der Waals surface area (Å²) < 4.78 is 24.5. The maximum absolute atomic E-state index is 12.2. The molecule has 0 atom stereocenters. The van der Waals surface area contributed by atoms with Crippen LogP contribution in [0, 0.1) is 0 Å². The molecule has 1 heterocycles. The van der Waals surface area contributed by atoms with E-state index in [4.69, 9.17) is 17.3 Å². The maximum atomic E-state index is 12.2. The molecule has 0 aliphatic carbocycles. The summed E-state index contributed by atoms with van der Waals surface area (Å²) in [6.07, 6.45) is 2.29. The fourth-order valence-electron chi connectivity index (χ4n) is 2.21. The van der Waals surface area contributed by atoms with Gasteiger partial charge in [0.25, 0.3) is 0 Å². The Morgan fingerprint density at radius 2 is 1.94 bits per heavy atom. The summed E-state index contributed by atoms with van der Waals surface area (Å²) in [4.78, 5) is 2.23. The van der Waals surface area contributed by atoms with Gasteiger partial charge in [-0.2, -0.15) is 0 Å². The normalized spacial score (nSPS) is 17.2. The van der Waals surface area contributed by atoms with Crippen LogP contribution >= 0.6 is 11.6 Å². The van der Waals surface area contributed by atoms with Crippen molar-refractivity contribution in [3.8, 4) is 0 Å². The first-order valence-electron chi connectivity index (χ1n) is 6.00. The summed E-state index contributed by atoms with van der Waals surface area (Å²) in [6.45, 7) is 2.51. The highest BCUT2D eigenvalue weighted by Crippen LogP contribution is 2.28. The molecule has 1 aliphatic heterocycles. The summed E-state index contributed by atoms with van der Waals surface area (Å²) in [5, 5.41) is 0.205. The molecule has 1 aromatic rings. The molecular formula is C12H17ClN2O2S. The Balaban J connectivity index is 2.15. The van der Waals surface area contributed by atoms with E-state index >= 15 is 0 Å². The van der Waals surface area contributed by atoms with E-state index < -0.39 is 9.84 Å². The van der Waals surface area contributed by atoms with E-state index in [1.807, 2.05) is 0 Å². The molecule has 18 heavy (non-hydrogen) atoms. The van der Waals surface area contributed by atoms with Crippen LogP contribution in [0.4, 0.5) is 5.69 Å². The fraction of sp³-hybridized carbons (Fsp3) is 0.500. The summed E-state index contributed by atoms with van der Waals surface area (Å²) in [5.41, 5.74) is 5.94. The largest absolute Gasteiger partial charge is 0.398 e. The first kappa shape index (κ1) is 13.6. The highest BCUT2D eigenvalue weighted by molar-refractivity contribution is 7.91. The Morgan fingerprint density at radius 3 is 2.56 bits per heavy atom. The number of anilines is 1. The van der Waals surface area contributed by atoms with Crippen molar-refractivity contribution in [1.82, 2.24) is 4.90 Å². The zero-order valence-electron chi connectivity index (χ0n) is 10.1. The molecule has 0 spiro atoms. The zero-order chi connectivity index (χ0) is 13.2. The molecular weight excluding hydrogens is 272 g/mol. The van der Waals surface area contributed by atoms with Crippen LogP contribution in [0.2, 0.25) is 5.02 Å². The van der Waals surface area contributed by atoms with Crippen molar-refractivity contribution in [2.45, 2.75) is 17.7 Å². The number of nitrogen functional groups attached to an aromatic ring is 1. The van der Waals surface area contributed by atoms with E-state index in [0.717, 1.165) is 25.9 Å². The van der Waals surface area contributed by atoms with Gasteiger partial charge < -0.3 is 10.6 Å². The highest BCUT2D eigenvalue weighted by Gasteiger charge is 2.23. The standard InChI is InChI=1S/C12H17ClN2O2S/c13-10-4-3-5-11(14)12(10)18(16,17)9-8-15-6-1-2-7-15/h3-5H,1-2,6-9,14H2. The number of nitrogens with two attached hydrogens (primary N) is 1. The van der Waals surface area contributed by atoms with Crippen molar-refractivity contribution in [2.24, 2.45) is 0 Å². The average molecular weight is 289 g/mol. The van der Waals surface area contributed by atoms with Crippen molar-refractivity contribution in [3.05, 3.63) is 23.2 Å². The summed E-state index contributed by atoms with van der Waals surface area (Å²) in [7, 11) is -3.41. The van der Waals surface area contributed by atoms with Gasteiger partial charge in [-0.25, -0.2) is 8.42 Å². The minimum absolute atomic E-state index is 0.0704. The number of benzene rings is 1. The Morgan fingerprint density at radius 1 is 1.28 bits per heavy atom. The van der Waals surface area contributed by atoms with Gasteiger partial charge >= 0.3 is 0 Å². The van der Waals surface area contributed by atoms with Crippen molar-refractivity contribution in [3.63, 3.8) is 0 Å². The second-order valence-corrected chi connectivity index (χ2v) is 6.98. The van der Waals surface area contributed by atoms with Crippen LogP contribution < -0.4 is 5.73 Å². The molecule has 0 aromatic heterocycles. The van der Waals surface area contributed by atoms with Crippen molar-refractivity contribution < 1.29 is 8.42 Å². The fourth-order valence-corrected chi connectivity index (χ4v) is 4.24. The van der Waals surface area contributed by atoms with E-state index in [-0.39, 0.29) is 21.4 Å². The van der Waals surface area contributed by atoms with E-state index in [9.17, 15) is 8.42 Å². The van der Waals surface area contributed by atoms with Crippen molar-refractivity contribution in [2.75, 3.05) is 31.1 Å². The van der Waals surface area contributed by atoms with Crippen LogP contribution in [0.25, 0.3) is 0 Å². The molecule has 1 aromatic carbocycles. The van der Waals surface area contributed by atoms with Gasteiger partial charge in [0.2, 0.25) is 0 Å². The van der Waals surface area contributed by atoms with Gasteiger partial charge in [-0.15, -0.1) is 0 Å². The number of halogens is 1. The lowest BCUT2D eigenvalue weighted by Crippen LogP contribution is -2.27. The first-order valence-corrected chi connectivity index (χ1v) is 8.03. The van der Waals surface area contributed by atoms with Gasteiger partial charge in [-0.3, -0.25) is 0 Å². The molecule has 0 amide bonds. The van der Waals surface area contributed by atoms with E-state index in [1.165, 1.54) is 0 Å². The third-order valence-corrected chi connectivity index (χ3v) is 5.41. The van der Waals surface area contributed by atoms with Crippen LogP contribution in [-0.2, 0) is 9.84 Å². The average Bonchev–Trinajstić information content (AvgIpc) is 2.78. The number of sulfone groups is 1. The van der Waals surface area contributed by atoms with Gasteiger partial charge in [0.05, 0.1) is 16.5 Å². The van der Waals surface area contributed by atoms with Crippen LogP contribution in [0.5, 0.6) is 0 Å². The number of hydrogen-bond donors (Lipinski definition) is 1. The second-order valence-electron chi connectivity index (χ2n) is 4.53. The third-order valence-electron chi connectivity index (χ3n) is 3.18. The molecule has 0 bridgehead atoms. The molecule has 2 rings (SSSR count). The quantitative estimate of drug-likeness (QED) is 0.858. The molecule has 100 valence electrons. The summed E-state index contributed by atoms with van der Waals surface area (Å²) in [5.74, 6) is 0.0704. The first-order chi connectivity index (χ1) is 8.50. The minimum atomic E-state index is -3.41. The SMILES string of the molecule is Nc1cccc(Cl)c1S(=O)(=O)CCN1CCCC1. The topological polar surface area (TPSA) is 63.4 Å². The van der Waals surface area contributed by atoms with Crippen LogP contribution in [0.15, 0.2) is 23.1 Å². The Hall–Kier alpha value is -0.780. The van der Waals surface area contributed by atoms with Gasteiger partial charge in [0.15, 0.2) is 9.84 Å². The molecule has 6 heteroatoms. The van der Waals surface area contributed by atoms with Crippen LogP contribution in [0.3, 0.4) is 0 Å². The number of likely N-dealkylation sites (tertiary alicyclic amines) is 1. The zero-order valence-corrected chi connectivity index (χ0v) is 11.7. The summed E-state index contributed by atoms with van der Waals surface area (Å²) in [6, 6.07) is 4.77. The van der Waals surface area contributed by atoms with Gasteiger partial charge in [-0.1, -0.05) is 17.7 Å². The lowest BCUT2D eigenvalue weighted by Gasteiger charge is -2.15. The molecule has 0 radical (unpaired) electrons. The Kier molecular flexibility index (Phi) is 4.14. The van der Waals surface area contributed by atoms with Crippen LogP contribution in [0.1, 0.15) is 12.8 Å². The highest BCUT2D eigenvalue weighted by atomic mass is 35.5. The van der Waals surface area contributed by atoms with E-state index in [0.29, 0.717) is 6.54 Å². The predicted octanol–water partition coefficient (Wildman–Crippen LogP) is 1.79. The lowest BCUT2D eigenvalue weighted by molar-refractivity contribution is 0.359. The predicted molar refractivity (Wildman–Crippen MR) is 73.6 cm³/mol. The van der Waals surface area contributed by atoms with Gasteiger partial charge in [0, 0.05) is 6.54 Å². The third kappa shape index (κ3) is 2.96. The Bertz CT molecular complexity index is 505. The van der Waals surface area contributed by atoms with Crippen molar-refractivity contribution >= 4 is 27.1 Å². The number of hydrogen-bond acceptors (Lipinski definition) is 4. The van der Waals surface area contributed by atoms with E-state index in [1.54, 1.807) is 18.2 Å². The second kappa shape index (κ2) is 5.47. The van der Waals surface area contributed by atoms with Crippen LogP contribution in [-0.4, -0.2) is 38.7 Å². The Labute approximate surface area is 113 Å². The molecule has 0 saturated carbocycles. The summed E-state index contributed by atoms with van der Waals surface area (Å²) >= 11 is 5.94. The molecule has 1 aliphatic rings. The molecule has 1 saturated heterocycles. The maximum Gasteiger partial charge on any atom is 0.183 e. The van der Waals surface area contributed by atoms with Crippen molar-refractivity contribution in [1.29, 1.82) is 0 Å². The minimum Gasteiger partial charge on any atom is -0.398 e. The molecule has 0 unspecified atom stereocenters. The van der Waals surface area contributed by atoms with Gasteiger partial charge in [0.1, 0.15) is 4.90 Å². The molecule has 4 nitrogen and oxygen atoms in total. The lowest BCUT2D eigenvalue weighted by atomic mass is 10.3. The van der Waals surface area contributed by atoms with E-state index in [2.05, 4.69) is 4.90 Å².